The maximum atomic E-state index is 11.9. The molecular formula is C19H28N4O. The predicted molar refractivity (Wildman–Crippen MR) is 97.5 cm³/mol. The second-order valence-electron chi connectivity index (χ2n) is 6.51. The van der Waals surface area contributed by atoms with E-state index in [4.69, 9.17) is 0 Å². The molecule has 0 fully saturated rings. The van der Waals surface area contributed by atoms with Crippen LogP contribution in [0.15, 0.2) is 30.3 Å². The molecule has 2 rings (SSSR count). The molecule has 0 radical (unpaired) electrons. The molecule has 2 aromatic rings. The Kier molecular flexibility index (Phi) is 6.55. The molecule has 5 nitrogen and oxygen atoms in total. The Labute approximate surface area is 144 Å². The van der Waals surface area contributed by atoms with Gasteiger partial charge in [0.15, 0.2) is 0 Å². The highest BCUT2D eigenvalue weighted by atomic mass is 16.1. The normalized spacial score (nSPS) is 11.0. The Balaban J connectivity index is 1.80. The number of rotatable bonds is 8. The number of nitrogens with one attached hydrogen (secondary N) is 1. The fourth-order valence-corrected chi connectivity index (χ4v) is 2.66. The topological polar surface area (TPSA) is 50.2 Å². The van der Waals surface area contributed by atoms with Crippen molar-refractivity contribution in [2.24, 2.45) is 0 Å². The van der Waals surface area contributed by atoms with Crippen molar-refractivity contribution in [3.63, 3.8) is 0 Å². The van der Waals surface area contributed by atoms with E-state index in [1.807, 2.05) is 25.7 Å². The highest BCUT2D eigenvalue weighted by Gasteiger charge is 2.05. The van der Waals surface area contributed by atoms with Crippen molar-refractivity contribution in [2.45, 2.75) is 33.1 Å². The van der Waals surface area contributed by atoms with Crippen LogP contribution in [0.1, 0.15) is 29.8 Å². The Morgan fingerprint density at radius 2 is 1.92 bits per heavy atom. The van der Waals surface area contributed by atoms with Crippen LogP contribution in [0.3, 0.4) is 0 Å². The van der Waals surface area contributed by atoms with Gasteiger partial charge in [-0.3, -0.25) is 4.79 Å². The Morgan fingerprint density at radius 1 is 1.21 bits per heavy atom. The van der Waals surface area contributed by atoms with Crippen molar-refractivity contribution in [3.8, 4) is 5.69 Å². The second-order valence-corrected chi connectivity index (χ2v) is 6.51. The summed E-state index contributed by atoms with van der Waals surface area (Å²) in [5.41, 5.74) is 4.36. The molecule has 1 aromatic carbocycles. The zero-order chi connectivity index (χ0) is 17.5. The number of carbonyl (C=O) groups is 1. The van der Waals surface area contributed by atoms with Crippen molar-refractivity contribution < 1.29 is 4.79 Å². The first kappa shape index (κ1) is 18.2. The summed E-state index contributed by atoms with van der Waals surface area (Å²) in [7, 11) is 4.08. The molecule has 0 aliphatic heterocycles. The molecular weight excluding hydrogens is 300 g/mol. The number of hydrogen-bond acceptors (Lipinski definition) is 3. The summed E-state index contributed by atoms with van der Waals surface area (Å²) in [6.45, 7) is 5.78. The largest absolute Gasteiger partial charge is 0.356 e. The van der Waals surface area contributed by atoms with E-state index >= 15 is 0 Å². The molecule has 1 amide bonds. The maximum Gasteiger partial charge on any atom is 0.220 e. The Bertz CT molecular complexity index is 659. The van der Waals surface area contributed by atoms with Crippen LogP contribution in [-0.4, -0.2) is 47.8 Å². The van der Waals surface area contributed by atoms with Gasteiger partial charge >= 0.3 is 0 Å². The Hall–Kier alpha value is -2.14. The van der Waals surface area contributed by atoms with E-state index in [2.05, 4.69) is 52.6 Å². The van der Waals surface area contributed by atoms with Gasteiger partial charge in [0.05, 0.1) is 11.4 Å². The molecule has 24 heavy (non-hydrogen) atoms. The highest BCUT2D eigenvalue weighted by molar-refractivity contribution is 5.76. The number of carbonyl (C=O) groups excluding carboxylic acids is 1. The minimum Gasteiger partial charge on any atom is -0.356 e. The van der Waals surface area contributed by atoms with Gasteiger partial charge < -0.3 is 10.2 Å². The number of benzene rings is 1. The van der Waals surface area contributed by atoms with E-state index in [0.29, 0.717) is 6.42 Å². The van der Waals surface area contributed by atoms with Crippen molar-refractivity contribution >= 4 is 5.91 Å². The van der Waals surface area contributed by atoms with Gasteiger partial charge in [0, 0.05) is 18.7 Å². The molecule has 1 heterocycles. The number of aromatic nitrogens is 2. The van der Waals surface area contributed by atoms with E-state index in [1.54, 1.807) is 0 Å². The van der Waals surface area contributed by atoms with Crippen LogP contribution in [0.4, 0.5) is 0 Å². The SMILES string of the molecule is Cc1cc(C)n(-c2ccc(CCC(=O)NCCCN(C)C)cc2)n1. The van der Waals surface area contributed by atoms with Crippen molar-refractivity contribution in [2.75, 3.05) is 27.2 Å². The van der Waals surface area contributed by atoms with E-state index in [1.165, 1.54) is 5.56 Å². The number of amides is 1. The van der Waals surface area contributed by atoms with Gasteiger partial charge in [-0.15, -0.1) is 0 Å². The summed E-state index contributed by atoms with van der Waals surface area (Å²) < 4.78 is 1.94. The summed E-state index contributed by atoms with van der Waals surface area (Å²) in [5.74, 6) is 0.122. The lowest BCUT2D eigenvalue weighted by Gasteiger charge is -2.10. The van der Waals surface area contributed by atoms with Gasteiger partial charge in [-0.25, -0.2) is 4.68 Å². The molecule has 130 valence electrons. The van der Waals surface area contributed by atoms with E-state index in [-0.39, 0.29) is 5.91 Å². The van der Waals surface area contributed by atoms with Gasteiger partial charge in [0.2, 0.25) is 5.91 Å². The van der Waals surface area contributed by atoms with E-state index in [0.717, 1.165) is 43.0 Å². The molecule has 5 heteroatoms. The van der Waals surface area contributed by atoms with Crippen LogP contribution < -0.4 is 5.32 Å². The summed E-state index contributed by atoms with van der Waals surface area (Å²) in [6.07, 6.45) is 2.27. The van der Waals surface area contributed by atoms with Gasteiger partial charge in [0.1, 0.15) is 0 Å². The standard InChI is InChI=1S/C19H28N4O/c1-15-14-16(2)23(21-15)18-9-6-17(7-10-18)8-11-19(24)20-12-5-13-22(3)4/h6-7,9-10,14H,5,8,11-13H2,1-4H3,(H,20,24). The lowest BCUT2D eigenvalue weighted by Crippen LogP contribution is -2.27. The molecule has 1 N–H and O–H groups in total. The third-order valence-electron chi connectivity index (χ3n) is 3.94. The number of aryl methyl sites for hydroxylation is 3. The maximum absolute atomic E-state index is 11.9. The average molecular weight is 328 g/mol. The summed E-state index contributed by atoms with van der Waals surface area (Å²) in [5, 5.41) is 7.46. The van der Waals surface area contributed by atoms with Crippen LogP contribution in [0, 0.1) is 13.8 Å². The van der Waals surface area contributed by atoms with Crippen LogP contribution >= 0.6 is 0 Å². The van der Waals surface area contributed by atoms with Crippen molar-refractivity contribution in [1.82, 2.24) is 20.0 Å². The molecule has 0 aliphatic carbocycles. The summed E-state index contributed by atoms with van der Waals surface area (Å²) in [6, 6.07) is 10.3. The zero-order valence-corrected chi connectivity index (χ0v) is 15.2. The first-order valence-electron chi connectivity index (χ1n) is 8.49. The average Bonchev–Trinajstić information content (AvgIpc) is 2.88. The molecule has 0 aliphatic rings. The van der Waals surface area contributed by atoms with E-state index in [9.17, 15) is 4.79 Å². The van der Waals surface area contributed by atoms with Crippen LogP contribution in [-0.2, 0) is 11.2 Å². The van der Waals surface area contributed by atoms with Crippen molar-refractivity contribution in [1.29, 1.82) is 0 Å². The smallest absolute Gasteiger partial charge is 0.220 e. The van der Waals surface area contributed by atoms with Crippen molar-refractivity contribution in [3.05, 3.63) is 47.3 Å². The minimum atomic E-state index is 0.122. The first-order valence-corrected chi connectivity index (χ1v) is 8.49. The molecule has 1 aromatic heterocycles. The lowest BCUT2D eigenvalue weighted by atomic mass is 10.1. The van der Waals surface area contributed by atoms with Gasteiger partial charge in [-0.2, -0.15) is 5.10 Å². The fraction of sp³-hybridized carbons (Fsp3) is 0.474. The lowest BCUT2D eigenvalue weighted by molar-refractivity contribution is -0.121. The van der Waals surface area contributed by atoms with E-state index < -0.39 is 0 Å². The first-order chi connectivity index (χ1) is 11.5. The molecule has 0 bridgehead atoms. The van der Waals surface area contributed by atoms with Gasteiger partial charge in [-0.05, 0) is 71.1 Å². The fourth-order valence-electron chi connectivity index (χ4n) is 2.66. The van der Waals surface area contributed by atoms with Crippen LogP contribution in [0.25, 0.3) is 5.69 Å². The quantitative estimate of drug-likeness (QED) is 0.758. The summed E-state index contributed by atoms with van der Waals surface area (Å²) >= 11 is 0. The minimum absolute atomic E-state index is 0.122. The molecule has 0 unspecified atom stereocenters. The summed E-state index contributed by atoms with van der Waals surface area (Å²) in [4.78, 5) is 14.0. The molecule has 0 saturated carbocycles. The van der Waals surface area contributed by atoms with Gasteiger partial charge in [0.25, 0.3) is 0 Å². The Morgan fingerprint density at radius 3 is 2.50 bits per heavy atom. The molecule has 0 atom stereocenters. The molecule has 0 saturated heterocycles. The van der Waals surface area contributed by atoms with Gasteiger partial charge in [-0.1, -0.05) is 12.1 Å². The monoisotopic (exact) mass is 328 g/mol. The number of nitrogens with zero attached hydrogens (tertiary/aromatic N) is 3. The third kappa shape index (κ3) is 5.49. The molecule has 0 spiro atoms. The van der Waals surface area contributed by atoms with Crippen LogP contribution in [0.5, 0.6) is 0 Å². The second kappa shape index (κ2) is 8.64. The predicted octanol–water partition coefficient (Wildman–Crippen LogP) is 2.49. The highest BCUT2D eigenvalue weighted by Crippen LogP contribution is 2.14. The third-order valence-corrected chi connectivity index (χ3v) is 3.94. The zero-order valence-electron chi connectivity index (χ0n) is 15.2. The van der Waals surface area contributed by atoms with Crippen LogP contribution in [0.2, 0.25) is 0 Å². The number of hydrogen-bond donors (Lipinski definition) is 1.